The number of amides is 2. The number of carbonyl (C=O) groups is 2. The summed E-state index contributed by atoms with van der Waals surface area (Å²) in [7, 11) is 0. The lowest BCUT2D eigenvalue weighted by Gasteiger charge is -2.18. The van der Waals surface area contributed by atoms with E-state index in [1.807, 2.05) is 6.92 Å². The van der Waals surface area contributed by atoms with Crippen molar-refractivity contribution in [1.82, 2.24) is 15.5 Å². The van der Waals surface area contributed by atoms with Crippen molar-refractivity contribution in [2.75, 3.05) is 39.4 Å². The van der Waals surface area contributed by atoms with Gasteiger partial charge >= 0.3 is 0 Å². The minimum absolute atomic E-state index is 0.0170. The standard InChI is InChI=1S/C21H32N4O3/c1-2-22-21(23-8-3-11-28-13-14-4-5-14)24-9-10-25-19(26)17-15-6-7-16(12-15)18(17)20(25)27/h6-7,14-18H,2-5,8-13H2,1H3,(H2,22,23,24). The Morgan fingerprint density at radius 2 is 1.89 bits per heavy atom. The predicted molar refractivity (Wildman–Crippen MR) is 107 cm³/mol. The molecule has 4 rings (SSSR count). The van der Waals surface area contributed by atoms with Gasteiger partial charge in [-0.05, 0) is 50.4 Å². The Morgan fingerprint density at radius 1 is 1.18 bits per heavy atom. The van der Waals surface area contributed by atoms with Gasteiger partial charge in [0.1, 0.15) is 0 Å². The molecule has 2 amide bonds. The molecule has 0 aromatic heterocycles. The monoisotopic (exact) mass is 388 g/mol. The maximum absolute atomic E-state index is 12.7. The highest BCUT2D eigenvalue weighted by molar-refractivity contribution is 6.06. The lowest BCUT2D eigenvalue weighted by molar-refractivity contribution is -0.140. The van der Waals surface area contributed by atoms with E-state index in [4.69, 9.17) is 4.74 Å². The third-order valence-electron chi connectivity index (χ3n) is 6.30. The maximum Gasteiger partial charge on any atom is 0.233 e. The number of rotatable bonds is 10. The quantitative estimate of drug-likeness (QED) is 0.193. The summed E-state index contributed by atoms with van der Waals surface area (Å²) in [4.78, 5) is 31.4. The Kier molecular flexibility index (Phi) is 5.99. The fourth-order valence-corrected chi connectivity index (χ4v) is 4.70. The van der Waals surface area contributed by atoms with E-state index in [1.165, 1.54) is 17.7 Å². The lowest BCUT2D eigenvalue weighted by atomic mass is 9.85. The molecule has 3 fully saturated rings. The molecular formula is C21H32N4O3. The largest absolute Gasteiger partial charge is 0.381 e. The number of aliphatic imine (C=N–C) groups is 1. The molecule has 1 heterocycles. The molecule has 2 bridgehead atoms. The normalized spacial score (nSPS) is 31.0. The summed E-state index contributed by atoms with van der Waals surface area (Å²) in [6, 6.07) is 0. The van der Waals surface area contributed by atoms with E-state index in [-0.39, 0.29) is 35.5 Å². The number of fused-ring (bicyclic) bond motifs is 5. The fourth-order valence-electron chi connectivity index (χ4n) is 4.70. The van der Waals surface area contributed by atoms with Crippen LogP contribution in [0.15, 0.2) is 17.1 Å². The van der Waals surface area contributed by atoms with Gasteiger partial charge in [-0.1, -0.05) is 12.2 Å². The molecule has 1 aliphatic heterocycles. The molecule has 2 N–H and O–H groups in total. The number of hydrogen-bond donors (Lipinski definition) is 2. The van der Waals surface area contributed by atoms with Crippen molar-refractivity contribution in [3.05, 3.63) is 12.2 Å². The fraction of sp³-hybridized carbons (Fsp3) is 0.762. The number of imide groups is 1. The summed E-state index contributed by atoms with van der Waals surface area (Å²) < 4.78 is 5.63. The first-order valence-electron chi connectivity index (χ1n) is 10.8. The lowest BCUT2D eigenvalue weighted by Crippen LogP contribution is -2.43. The Hall–Kier alpha value is -1.89. The van der Waals surface area contributed by atoms with Crippen molar-refractivity contribution in [3.63, 3.8) is 0 Å². The highest BCUT2D eigenvalue weighted by atomic mass is 16.5. The van der Waals surface area contributed by atoms with Crippen molar-refractivity contribution in [1.29, 1.82) is 0 Å². The van der Waals surface area contributed by atoms with Crippen LogP contribution in [0.1, 0.15) is 32.6 Å². The Balaban J connectivity index is 1.19. The highest BCUT2D eigenvalue weighted by Crippen LogP contribution is 2.52. The van der Waals surface area contributed by atoms with E-state index in [9.17, 15) is 9.59 Å². The molecule has 4 atom stereocenters. The van der Waals surface area contributed by atoms with Crippen LogP contribution in [0.2, 0.25) is 0 Å². The van der Waals surface area contributed by atoms with E-state index < -0.39 is 0 Å². The van der Waals surface area contributed by atoms with Crippen molar-refractivity contribution in [2.24, 2.45) is 34.6 Å². The summed E-state index contributed by atoms with van der Waals surface area (Å²) in [5, 5.41) is 6.46. The van der Waals surface area contributed by atoms with Crippen molar-refractivity contribution >= 4 is 17.8 Å². The van der Waals surface area contributed by atoms with Crippen LogP contribution in [0.3, 0.4) is 0 Å². The van der Waals surface area contributed by atoms with E-state index in [0.717, 1.165) is 44.5 Å². The Bertz CT molecular complexity index is 628. The topological polar surface area (TPSA) is 83.0 Å². The van der Waals surface area contributed by atoms with Gasteiger partial charge in [0.2, 0.25) is 11.8 Å². The second kappa shape index (κ2) is 8.64. The Labute approximate surface area is 167 Å². The molecule has 0 spiro atoms. The number of carbonyl (C=O) groups excluding carboxylic acids is 2. The van der Waals surface area contributed by atoms with E-state index >= 15 is 0 Å². The number of nitrogens with zero attached hydrogens (tertiary/aromatic N) is 2. The average molecular weight is 389 g/mol. The van der Waals surface area contributed by atoms with Gasteiger partial charge in [-0.15, -0.1) is 0 Å². The highest BCUT2D eigenvalue weighted by Gasteiger charge is 2.58. The molecule has 4 unspecified atom stereocenters. The summed E-state index contributed by atoms with van der Waals surface area (Å²) in [5.41, 5.74) is 0. The number of nitrogens with one attached hydrogen (secondary N) is 2. The van der Waals surface area contributed by atoms with Crippen LogP contribution in [0.4, 0.5) is 0 Å². The van der Waals surface area contributed by atoms with Crippen LogP contribution >= 0.6 is 0 Å². The second-order valence-corrected chi connectivity index (χ2v) is 8.39. The number of guanidine groups is 1. The van der Waals surface area contributed by atoms with Gasteiger partial charge in [-0.3, -0.25) is 19.5 Å². The molecule has 7 nitrogen and oxygen atoms in total. The summed E-state index contributed by atoms with van der Waals surface area (Å²) in [6.07, 6.45) is 8.75. The first-order chi connectivity index (χ1) is 13.7. The maximum atomic E-state index is 12.7. The minimum atomic E-state index is -0.111. The second-order valence-electron chi connectivity index (χ2n) is 8.39. The zero-order chi connectivity index (χ0) is 19.5. The van der Waals surface area contributed by atoms with Gasteiger partial charge < -0.3 is 15.4 Å². The zero-order valence-electron chi connectivity index (χ0n) is 16.7. The predicted octanol–water partition coefficient (Wildman–Crippen LogP) is 1.17. The summed E-state index contributed by atoms with van der Waals surface area (Å²) >= 11 is 0. The molecule has 0 radical (unpaired) electrons. The van der Waals surface area contributed by atoms with Crippen molar-refractivity contribution in [3.8, 4) is 0 Å². The number of hydrogen-bond acceptors (Lipinski definition) is 4. The van der Waals surface area contributed by atoms with Crippen LogP contribution in [0.5, 0.6) is 0 Å². The van der Waals surface area contributed by atoms with E-state index in [0.29, 0.717) is 19.6 Å². The molecule has 0 aromatic carbocycles. The molecule has 28 heavy (non-hydrogen) atoms. The average Bonchev–Trinajstić information content (AvgIpc) is 3.19. The van der Waals surface area contributed by atoms with E-state index in [1.54, 1.807) is 0 Å². The van der Waals surface area contributed by atoms with Crippen LogP contribution in [0, 0.1) is 29.6 Å². The SMILES string of the molecule is CCNC(=NCCCOCC1CC1)NCCN1C(=O)C2C3C=CC(C3)C2C1=O. The van der Waals surface area contributed by atoms with Gasteiger partial charge in [0.15, 0.2) is 5.96 Å². The van der Waals surface area contributed by atoms with Crippen LogP contribution < -0.4 is 10.6 Å². The van der Waals surface area contributed by atoms with Gasteiger partial charge in [-0.2, -0.15) is 0 Å². The van der Waals surface area contributed by atoms with Gasteiger partial charge in [0, 0.05) is 39.4 Å². The first kappa shape index (κ1) is 19.4. The molecule has 2 saturated carbocycles. The zero-order valence-corrected chi connectivity index (χ0v) is 16.7. The third-order valence-corrected chi connectivity index (χ3v) is 6.30. The van der Waals surface area contributed by atoms with Crippen LogP contribution in [0.25, 0.3) is 0 Å². The molecule has 3 aliphatic carbocycles. The molecule has 4 aliphatic rings. The van der Waals surface area contributed by atoms with E-state index in [2.05, 4.69) is 27.8 Å². The summed E-state index contributed by atoms with van der Waals surface area (Å²) in [6.45, 7) is 6.04. The minimum Gasteiger partial charge on any atom is -0.381 e. The molecule has 1 saturated heterocycles. The summed E-state index contributed by atoms with van der Waals surface area (Å²) in [5.74, 6) is 1.87. The number of likely N-dealkylation sites (tertiary alicyclic amines) is 1. The first-order valence-corrected chi connectivity index (χ1v) is 10.8. The number of allylic oxidation sites excluding steroid dienone is 2. The smallest absolute Gasteiger partial charge is 0.233 e. The van der Waals surface area contributed by atoms with Gasteiger partial charge in [0.25, 0.3) is 0 Å². The van der Waals surface area contributed by atoms with Gasteiger partial charge in [0.05, 0.1) is 11.8 Å². The van der Waals surface area contributed by atoms with Crippen LogP contribution in [-0.2, 0) is 14.3 Å². The molecule has 0 aromatic rings. The van der Waals surface area contributed by atoms with Gasteiger partial charge in [-0.25, -0.2) is 0 Å². The molecule has 154 valence electrons. The van der Waals surface area contributed by atoms with Crippen molar-refractivity contribution in [2.45, 2.75) is 32.6 Å². The number of ether oxygens (including phenoxy) is 1. The molecule has 7 heteroatoms. The van der Waals surface area contributed by atoms with Crippen molar-refractivity contribution < 1.29 is 14.3 Å². The third kappa shape index (κ3) is 4.09. The van der Waals surface area contributed by atoms with Crippen LogP contribution in [-0.4, -0.2) is 62.1 Å². The Morgan fingerprint density at radius 3 is 2.54 bits per heavy atom. The molecular weight excluding hydrogens is 356 g/mol.